The first-order valence-electron chi connectivity index (χ1n) is 7.95. The Morgan fingerprint density at radius 2 is 1.12 bits per heavy atom. The lowest BCUT2D eigenvalue weighted by atomic mass is 9.96. The van der Waals surface area contributed by atoms with E-state index in [2.05, 4.69) is 5.32 Å². The minimum absolute atomic E-state index is 0.339. The Hall–Kier alpha value is -3.08. The van der Waals surface area contributed by atoms with E-state index in [1.807, 2.05) is 48.5 Å². The highest BCUT2D eigenvalue weighted by Gasteiger charge is 2.30. The van der Waals surface area contributed by atoms with Gasteiger partial charge in [-0.2, -0.15) is 0 Å². The lowest BCUT2D eigenvalue weighted by Crippen LogP contribution is -2.23. The van der Waals surface area contributed by atoms with E-state index in [1.165, 1.54) is 0 Å². The molecule has 1 heterocycles. The number of methoxy groups -OCH3 is 2. The highest BCUT2D eigenvalue weighted by atomic mass is 16.5. The van der Waals surface area contributed by atoms with Gasteiger partial charge >= 0.3 is 0 Å². The predicted octanol–water partition coefficient (Wildman–Crippen LogP) is 2.44. The predicted molar refractivity (Wildman–Crippen MR) is 93.6 cm³/mol. The molecule has 0 bridgehead atoms. The fraction of sp³-hybridized carbons (Fsp3) is 0.200. The molecule has 0 aliphatic carbocycles. The number of amides is 2. The molecule has 1 aliphatic rings. The molecule has 3 rings (SSSR count). The fourth-order valence-electron chi connectivity index (χ4n) is 2.98. The van der Waals surface area contributed by atoms with Crippen LogP contribution in [0.4, 0.5) is 0 Å². The summed E-state index contributed by atoms with van der Waals surface area (Å²) in [4.78, 5) is 24.6. The molecule has 0 atom stereocenters. The maximum atomic E-state index is 12.3. The number of benzene rings is 2. The van der Waals surface area contributed by atoms with Crippen molar-refractivity contribution in [1.82, 2.24) is 5.32 Å². The summed E-state index contributed by atoms with van der Waals surface area (Å²) in [6, 6.07) is 15.0. The molecule has 25 heavy (non-hydrogen) atoms. The van der Waals surface area contributed by atoms with Gasteiger partial charge in [-0.3, -0.25) is 14.9 Å². The van der Waals surface area contributed by atoms with Crippen LogP contribution in [0.2, 0.25) is 0 Å². The standard InChI is InChI=1S/C20H19NO4/c1-24-17-9-5-3-7-13(17)11-15-16(20(23)21-19(15)22)12-14-8-4-6-10-18(14)25-2/h3-10H,11-12H2,1-2H3,(H,21,22,23). The van der Waals surface area contributed by atoms with Gasteiger partial charge in [0.05, 0.1) is 14.2 Å². The highest BCUT2D eigenvalue weighted by molar-refractivity contribution is 6.19. The van der Waals surface area contributed by atoms with Crippen LogP contribution in [0, 0.1) is 0 Å². The number of ether oxygens (including phenoxy) is 2. The molecule has 1 aliphatic heterocycles. The van der Waals surface area contributed by atoms with E-state index in [1.54, 1.807) is 14.2 Å². The van der Waals surface area contributed by atoms with Gasteiger partial charge in [0, 0.05) is 24.0 Å². The molecule has 1 N–H and O–H groups in total. The van der Waals surface area contributed by atoms with Gasteiger partial charge < -0.3 is 9.47 Å². The number of nitrogens with one attached hydrogen (secondary N) is 1. The van der Waals surface area contributed by atoms with Crippen LogP contribution in [0.15, 0.2) is 59.7 Å². The summed E-state index contributed by atoms with van der Waals surface area (Å²) in [5, 5.41) is 2.40. The van der Waals surface area contributed by atoms with Crippen molar-refractivity contribution < 1.29 is 19.1 Å². The summed E-state index contributed by atoms with van der Waals surface area (Å²) >= 11 is 0. The van der Waals surface area contributed by atoms with Crippen LogP contribution < -0.4 is 14.8 Å². The van der Waals surface area contributed by atoms with Crippen LogP contribution in [0.1, 0.15) is 11.1 Å². The average Bonchev–Trinajstić information content (AvgIpc) is 2.89. The summed E-state index contributed by atoms with van der Waals surface area (Å²) in [6.45, 7) is 0. The summed E-state index contributed by atoms with van der Waals surface area (Å²) in [7, 11) is 3.17. The van der Waals surface area contributed by atoms with Crippen LogP contribution in [-0.2, 0) is 22.4 Å². The molecule has 5 nitrogen and oxygen atoms in total. The molecule has 0 saturated carbocycles. The zero-order valence-electron chi connectivity index (χ0n) is 14.2. The largest absolute Gasteiger partial charge is 0.496 e. The van der Waals surface area contributed by atoms with E-state index in [0.29, 0.717) is 35.5 Å². The minimum Gasteiger partial charge on any atom is -0.496 e. The van der Waals surface area contributed by atoms with E-state index in [4.69, 9.17) is 9.47 Å². The smallest absolute Gasteiger partial charge is 0.254 e. The monoisotopic (exact) mass is 337 g/mol. The molecule has 0 saturated heterocycles. The van der Waals surface area contributed by atoms with Gasteiger partial charge in [0.1, 0.15) is 11.5 Å². The fourth-order valence-corrected chi connectivity index (χ4v) is 2.98. The molecule has 2 aromatic carbocycles. The van der Waals surface area contributed by atoms with Gasteiger partial charge in [0.15, 0.2) is 0 Å². The first kappa shape index (κ1) is 16.8. The van der Waals surface area contributed by atoms with Crippen molar-refractivity contribution in [3.63, 3.8) is 0 Å². The van der Waals surface area contributed by atoms with Crippen molar-refractivity contribution >= 4 is 11.8 Å². The van der Waals surface area contributed by atoms with Gasteiger partial charge in [-0.25, -0.2) is 0 Å². The zero-order valence-corrected chi connectivity index (χ0v) is 14.2. The van der Waals surface area contributed by atoms with Crippen LogP contribution in [0.25, 0.3) is 0 Å². The van der Waals surface area contributed by atoms with E-state index in [-0.39, 0.29) is 11.8 Å². The van der Waals surface area contributed by atoms with E-state index in [0.717, 1.165) is 11.1 Å². The lowest BCUT2D eigenvalue weighted by Gasteiger charge is -2.10. The quantitative estimate of drug-likeness (QED) is 0.823. The summed E-state index contributed by atoms with van der Waals surface area (Å²) in [5.74, 6) is 0.694. The molecular weight excluding hydrogens is 318 g/mol. The molecule has 128 valence electrons. The Morgan fingerprint density at radius 1 is 0.720 bits per heavy atom. The first-order chi connectivity index (χ1) is 12.1. The minimum atomic E-state index is -0.346. The molecule has 5 heteroatoms. The van der Waals surface area contributed by atoms with Crippen molar-refractivity contribution in [3.05, 3.63) is 70.8 Å². The topological polar surface area (TPSA) is 64.6 Å². The van der Waals surface area contributed by atoms with Crippen LogP contribution in [0.3, 0.4) is 0 Å². The highest BCUT2D eigenvalue weighted by Crippen LogP contribution is 2.28. The molecule has 2 aromatic rings. The Kier molecular flexibility index (Phi) is 4.84. The van der Waals surface area contributed by atoms with Crippen molar-refractivity contribution in [2.45, 2.75) is 12.8 Å². The van der Waals surface area contributed by atoms with Gasteiger partial charge in [-0.05, 0) is 23.3 Å². The van der Waals surface area contributed by atoms with E-state index in [9.17, 15) is 9.59 Å². The number of hydrogen-bond acceptors (Lipinski definition) is 4. The average molecular weight is 337 g/mol. The lowest BCUT2D eigenvalue weighted by molar-refractivity contribution is -0.124. The second-order valence-electron chi connectivity index (χ2n) is 5.72. The van der Waals surface area contributed by atoms with Crippen molar-refractivity contribution in [2.75, 3.05) is 14.2 Å². The van der Waals surface area contributed by atoms with Gasteiger partial charge in [-0.15, -0.1) is 0 Å². The molecule has 0 aromatic heterocycles. The second kappa shape index (κ2) is 7.21. The number of carbonyl (C=O) groups excluding carboxylic acids is 2. The van der Waals surface area contributed by atoms with Crippen LogP contribution in [-0.4, -0.2) is 26.0 Å². The summed E-state index contributed by atoms with van der Waals surface area (Å²) in [5.41, 5.74) is 2.67. The van der Waals surface area contributed by atoms with Gasteiger partial charge in [0.25, 0.3) is 11.8 Å². The normalized spacial score (nSPS) is 13.8. The van der Waals surface area contributed by atoms with E-state index < -0.39 is 0 Å². The molecule has 0 fully saturated rings. The molecule has 0 unspecified atom stereocenters. The zero-order chi connectivity index (χ0) is 17.8. The van der Waals surface area contributed by atoms with Gasteiger partial charge in [0.2, 0.25) is 0 Å². The first-order valence-corrected chi connectivity index (χ1v) is 7.95. The molecule has 0 radical (unpaired) electrons. The maximum Gasteiger partial charge on any atom is 0.254 e. The van der Waals surface area contributed by atoms with Crippen molar-refractivity contribution in [1.29, 1.82) is 0 Å². The molecule has 0 spiro atoms. The summed E-state index contributed by atoms with van der Waals surface area (Å²) in [6.07, 6.45) is 0.679. The Balaban J connectivity index is 1.98. The number of carbonyl (C=O) groups is 2. The number of para-hydroxylation sites is 2. The second-order valence-corrected chi connectivity index (χ2v) is 5.72. The third kappa shape index (κ3) is 3.40. The molecule has 2 amide bonds. The number of hydrogen-bond donors (Lipinski definition) is 1. The summed E-state index contributed by atoms with van der Waals surface area (Å²) < 4.78 is 10.7. The van der Waals surface area contributed by atoms with Gasteiger partial charge in [-0.1, -0.05) is 36.4 Å². The number of imide groups is 1. The third-order valence-electron chi connectivity index (χ3n) is 4.26. The number of rotatable bonds is 6. The van der Waals surface area contributed by atoms with Crippen molar-refractivity contribution in [2.24, 2.45) is 0 Å². The van der Waals surface area contributed by atoms with Crippen LogP contribution >= 0.6 is 0 Å². The SMILES string of the molecule is COc1ccccc1CC1=C(Cc2ccccc2OC)C(=O)NC1=O. The molecular formula is C20H19NO4. The van der Waals surface area contributed by atoms with Crippen LogP contribution in [0.5, 0.6) is 11.5 Å². The Bertz CT molecular complexity index is 785. The Morgan fingerprint density at radius 3 is 1.52 bits per heavy atom. The van der Waals surface area contributed by atoms with E-state index >= 15 is 0 Å². The third-order valence-corrected chi connectivity index (χ3v) is 4.26. The maximum absolute atomic E-state index is 12.3. The van der Waals surface area contributed by atoms with Crippen molar-refractivity contribution in [3.8, 4) is 11.5 Å². The Labute approximate surface area is 146 Å².